The molecule has 14 heteroatoms. The first-order chi connectivity index (χ1) is 22.4. The summed E-state index contributed by atoms with van der Waals surface area (Å²) in [6.07, 6.45) is 3.71. The maximum absolute atomic E-state index is 14.5. The Hall–Kier alpha value is -3.87. The molecule has 0 radical (unpaired) electrons. The number of nitrogens with zero attached hydrogens (tertiary/aromatic N) is 2. The predicted molar refractivity (Wildman–Crippen MR) is 180 cm³/mol. The molecule has 0 unspecified atom stereocenters. The van der Waals surface area contributed by atoms with Gasteiger partial charge in [0.15, 0.2) is 11.5 Å². The van der Waals surface area contributed by atoms with Crippen LogP contribution in [0.15, 0.2) is 59.5 Å². The largest absolute Gasteiger partial charge is 0.497 e. The minimum Gasteiger partial charge on any atom is -0.497 e. The molecule has 1 saturated carbocycles. The predicted octanol–water partition coefficient (Wildman–Crippen LogP) is 5.70. The van der Waals surface area contributed by atoms with E-state index >= 15 is 0 Å². The molecule has 3 aromatic rings. The Kier molecular flexibility index (Phi) is 12.1. The van der Waals surface area contributed by atoms with Gasteiger partial charge in [-0.2, -0.15) is 0 Å². The Morgan fingerprint density at radius 1 is 0.872 bits per heavy atom. The molecule has 3 aromatic carbocycles. The second-order valence-corrected chi connectivity index (χ2v) is 13.7. The van der Waals surface area contributed by atoms with E-state index in [1.54, 1.807) is 37.3 Å². The van der Waals surface area contributed by atoms with Crippen LogP contribution in [-0.2, 0) is 26.2 Å². The van der Waals surface area contributed by atoms with E-state index in [9.17, 15) is 18.0 Å². The molecular formula is C33H39Cl2N3O8S. The number of anilines is 1. The van der Waals surface area contributed by atoms with Crippen LogP contribution < -0.4 is 28.6 Å². The molecular weight excluding hydrogens is 669 g/mol. The van der Waals surface area contributed by atoms with Crippen molar-refractivity contribution in [3.05, 3.63) is 70.2 Å². The average molecular weight is 709 g/mol. The number of nitrogens with one attached hydrogen (secondary N) is 1. The van der Waals surface area contributed by atoms with E-state index in [4.69, 9.17) is 42.1 Å². The highest BCUT2D eigenvalue weighted by molar-refractivity contribution is 7.92. The lowest BCUT2D eigenvalue weighted by atomic mass is 10.1. The number of ether oxygens (including phenoxy) is 4. The summed E-state index contributed by atoms with van der Waals surface area (Å²) < 4.78 is 51.4. The number of carbonyl (C=O) groups excluding carboxylic acids is 2. The molecule has 1 N–H and O–H groups in total. The smallest absolute Gasteiger partial charge is 0.265 e. The quantitative estimate of drug-likeness (QED) is 0.226. The van der Waals surface area contributed by atoms with Gasteiger partial charge in [-0.05, 0) is 61.7 Å². The van der Waals surface area contributed by atoms with Crippen LogP contribution >= 0.6 is 23.2 Å². The number of sulfonamides is 1. The Balaban J connectivity index is 1.81. The highest BCUT2D eigenvalue weighted by atomic mass is 35.5. The fourth-order valence-electron chi connectivity index (χ4n) is 5.42. The van der Waals surface area contributed by atoms with Gasteiger partial charge < -0.3 is 29.2 Å². The number of rotatable bonds is 14. The summed E-state index contributed by atoms with van der Waals surface area (Å²) >= 11 is 12.6. The van der Waals surface area contributed by atoms with Crippen LogP contribution in [0.1, 0.15) is 38.2 Å². The van der Waals surface area contributed by atoms with E-state index in [-0.39, 0.29) is 40.6 Å². The number of methoxy groups -OCH3 is 4. The molecule has 0 heterocycles. The lowest BCUT2D eigenvalue weighted by molar-refractivity contribution is -0.139. The van der Waals surface area contributed by atoms with E-state index in [2.05, 4.69) is 5.32 Å². The summed E-state index contributed by atoms with van der Waals surface area (Å²) in [5.41, 5.74) is 0.570. The van der Waals surface area contributed by atoms with Gasteiger partial charge in [0.1, 0.15) is 24.1 Å². The van der Waals surface area contributed by atoms with Crippen molar-refractivity contribution in [3.8, 4) is 23.0 Å². The molecule has 0 aromatic heterocycles. The molecule has 0 spiro atoms. The number of benzene rings is 3. The molecule has 254 valence electrons. The number of hydrogen-bond acceptors (Lipinski definition) is 8. The monoisotopic (exact) mass is 707 g/mol. The lowest BCUT2D eigenvalue weighted by Crippen LogP contribution is -2.52. The lowest BCUT2D eigenvalue weighted by Gasteiger charge is -2.33. The first kappa shape index (κ1) is 36.0. The molecule has 11 nitrogen and oxygen atoms in total. The zero-order valence-electron chi connectivity index (χ0n) is 26.9. The number of carbonyl (C=O) groups is 2. The van der Waals surface area contributed by atoms with Gasteiger partial charge >= 0.3 is 0 Å². The number of hydrogen-bond donors (Lipinski definition) is 1. The summed E-state index contributed by atoms with van der Waals surface area (Å²) in [4.78, 5) is 29.0. The zero-order valence-corrected chi connectivity index (χ0v) is 29.2. The molecule has 0 aliphatic heterocycles. The van der Waals surface area contributed by atoms with Crippen molar-refractivity contribution in [2.45, 2.75) is 56.1 Å². The maximum Gasteiger partial charge on any atom is 0.265 e. The normalized spacial score (nSPS) is 13.9. The van der Waals surface area contributed by atoms with Crippen molar-refractivity contribution in [1.82, 2.24) is 10.2 Å². The first-order valence-corrected chi connectivity index (χ1v) is 17.1. The van der Waals surface area contributed by atoms with Crippen molar-refractivity contribution in [3.63, 3.8) is 0 Å². The van der Waals surface area contributed by atoms with E-state index in [0.717, 1.165) is 30.0 Å². The van der Waals surface area contributed by atoms with Crippen LogP contribution in [0.25, 0.3) is 0 Å². The van der Waals surface area contributed by atoms with Crippen molar-refractivity contribution in [2.75, 3.05) is 39.3 Å². The van der Waals surface area contributed by atoms with Gasteiger partial charge in [-0.25, -0.2) is 8.42 Å². The van der Waals surface area contributed by atoms with Crippen LogP contribution in [0.5, 0.6) is 23.0 Å². The van der Waals surface area contributed by atoms with Gasteiger partial charge in [-0.1, -0.05) is 42.1 Å². The molecule has 1 atom stereocenters. The highest BCUT2D eigenvalue weighted by Crippen LogP contribution is 2.38. The minimum absolute atomic E-state index is 0.00370. The molecule has 0 saturated heterocycles. The Morgan fingerprint density at radius 3 is 2.15 bits per heavy atom. The van der Waals surface area contributed by atoms with Gasteiger partial charge in [0, 0.05) is 34.8 Å². The summed E-state index contributed by atoms with van der Waals surface area (Å²) in [5.74, 6) is -0.0331. The maximum atomic E-state index is 14.5. The van der Waals surface area contributed by atoms with Crippen molar-refractivity contribution in [2.24, 2.45) is 0 Å². The third-order valence-corrected chi connectivity index (χ3v) is 10.4. The fourth-order valence-corrected chi connectivity index (χ4v) is 7.32. The van der Waals surface area contributed by atoms with Gasteiger partial charge in [0.05, 0.1) is 39.0 Å². The second-order valence-electron chi connectivity index (χ2n) is 11.0. The number of amides is 2. The molecule has 1 fully saturated rings. The van der Waals surface area contributed by atoms with Crippen LogP contribution in [0.2, 0.25) is 10.0 Å². The summed E-state index contributed by atoms with van der Waals surface area (Å²) in [6, 6.07) is 12.6. The zero-order chi connectivity index (χ0) is 34.3. The van der Waals surface area contributed by atoms with Crippen LogP contribution in [0.3, 0.4) is 0 Å². The van der Waals surface area contributed by atoms with Gasteiger partial charge in [0.25, 0.3) is 10.0 Å². The fraction of sp³-hybridized carbons (Fsp3) is 0.394. The third-order valence-electron chi connectivity index (χ3n) is 8.10. The Bertz CT molecular complexity index is 1700. The van der Waals surface area contributed by atoms with Crippen molar-refractivity contribution < 1.29 is 37.0 Å². The molecule has 1 aliphatic carbocycles. The summed E-state index contributed by atoms with van der Waals surface area (Å²) in [5, 5.41) is 3.74. The van der Waals surface area contributed by atoms with Crippen molar-refractivity contribution in [1.29, 1.82) is 0 Å². The van der Waals surface area contributed by atoms with Crippen LogP contribution in [0, 0.1) is 0 Å². The minimum atomic E-state index is -4.48. The summed E-state index contributed by atoms with van der Waals surface area (Å²) in [6.45, 7) is 0.811. The molecule has 4 rings (SSSR count). The summed E-state index contributed by atoms with van der Waals surface area (Å²) in [7, 11) is 1.17. The molecule has 47 heavy (non-hydrogen) atoms. The van der Waals surface area contributed by atoms with E-state index in [1.165, 1.54) is 57.6 Å². The van der Waals surface area contributed by atoms with E-state index in [1.807, 2.05) is 0 Å². The van der Waals surface area contributed by atoms with Crippen molar-refractivity contribution >= 4 is 50.7 Å². The molecule has 2 amide bonds. The topological polar surface area (TPSA) is 124 Å². The third kappa shape index (κ3) is 8.35. The number of halogens is 2. The SMILES string of the molecule is COc1ccc(OC)c(N(CC(=O)N(Cc2ccc(Cl)cc2Cl)[C@H](C)C(=O)NC2CCCC2)S(=O)(=O)c2ccc(OC)c(OC)c2)c1. The van der Waals surface area contributed by atoms with Gasteiger partial charge in [0.2, 0.25) is 11.8 Å². The van der Waals surface area contributed by atoms with Gasteiger partial charge in [-0.15, -0.1) is 0 Å². The van der Waals surface area contributed by atoms with E-state index in [0.29, 0.717) is 27.1 Å². The van der Waals surface area contributed by atoms with E-state index < -0.39 is 28.5 Å². The van der Waals surface area contributed by atoms with Crippen LogP contribution in [0.4, 0.5) is 5.69 Å². The Morgan fingerprint density at radius 2 is 1.53 bits per heavy atom. The first-order valence-electron chi connectivity index (χ1n) is 14.9. The molecule has 0 bridgehead atoms. The average Bonchev–Trinajstić information content (AvgIpc) is 3.58. The highest BCUT2D eigenvalue weighted by Gasteiger charge is 2.35. The van der Waals surface area contributed by atoms with Crippen LogP contribution in [-0.4, -0.2) is 72.2 Å². The molecule has 1 aliphatic rings. The standard InChI is InChI=1S/C33H39Cl2N3O8S/c1-21(33(40)36-24-8-6-7-9-24)37(19-22-10-11-23(34)16-27(22)35)32(39)20-38(28-17-25(43-2)12-14-29(28)44-3)47(41,42)26-13-15-30(45-4)31(18-26)46-5/h10-18,21,24H,6-9,19-20H2,1-5H3,(H,36,40)/t21-/m1/s1. The second kappa shape index (κ2) is 15.8. The Labute approximate surface area is 285 Å². The van der Waals surface area contributed by atoms with Gasteiger partial charge in [-0.3, -0.25) is 13.9 Å².